The first kappa shape index (κ1) is 11.5. The number of thioether (sulfide) groups is 3. The molecule has 0 amide bonds. The van der Waals surface area contributed by atoms with Gasteiger partial charge in [0.1, 0.15) is 0 Å². The van der Waals surface area contributed by atoms with Crippen LogP contribution in [0.5, 0.6) is 0 Å². The third-order valence-corrected chi connectivity index (χ3v) is 6.42. The summed E-state index contributed by atoms with van der Waals surface area (Å²) >= 11 is 5.35. The molecule has 13 heavy (non-hydrogen) atoms. The highest BCUT2D eigenvalue weighted by Crippen LogP contribution is 2.39. The Labute approximate surface area is 92.5 Å². The van der Waals surface area contributed by atoms with Gasteiger partial charge in [-0.1, -0.05) is 25.3 Å². The Kier molecular flexibility index (Phi) is 4.76. The van der Waals surface area contributed by atoms with Crippen molar-refractivity contribution in [1.29, 1.82) is 0 Å². The summed E-state index contributed by atoms with van der Waals surface area (Å²) in [7, 11) is 0. The first-order valence-corrected chi connectivity index (χ1v) is 7.17. The van der Waals surface area contributed by atoms with Crippen LogP contribution in [0.4, 0.5) is 0 Å². The largest absolute Gasteiger partial charge is 0.282 e. The highest BCUT2D eigenvalue weighted by atomic mass is 32.2. The second kappa shape index (κ2) is 5.37. The van der Waals surface area contributed by atoms with Gasteiger partial charge in [-0.15, -0.1) is 23.5 Å². The van der Waals surface area contributed by atoms with Crippen LogP contribution in [0.15, 0.2) is 12.2 Å². The molecule has 0 aromatic rings. The molecule has 1 saturated heterocycles. The Balaban J connectivity index is 2.20. The van der Waals surface area contributed by atoms with Crippen molar-refractivity contribution in [3.8, 4) is 0 Å². The number of hydrogen-bond acceptors (Lipinski definition) is 4. The van der Waals surface area contributed by atoms with Gasteiger partial charge in [0.25, 0.3) is 0 Å². The number of carbonyl (C=O) groups is 1. The summed E-state index contributed by atoms with van der Waals surface area (Å²) in [5, 5.41) is 0.885. The lowest BCUT2D eigenvalue weighted by molar-refractivity contribution is -0.107. The normalized spacial score (nSPS) is 27.5. The van der Waals surface area contributed by atoms with Gasteiger partial charge in [0.05, 0.1) is 4.58 Å². The van der Waals surface area contributed by atoms with Crippen LogP contribution in [-0.2, 0) is 4.79 Å². The van der Waals surface area contributed by atoms with E-state index in [1.165, 1.54) is 17.5 Å². The van der Waals surface area contributed by atoms with Gasteiger partial charge in [0.2, 0.25) is 5.12 Å². The lowest BCUT2D eigenvalue weighted by Crippen LogP contribution is -2.01. The van der Waals surface area contributed by atoms with Gasteiger partial charge in [0, 0.05) is 16.8 Å². The molecule has 0 N–H and O–H groups in total. The molecule has 0 aromatic heterocycles. The molecule has 74 valence electrons. The van der Waals surface area contributed by atoms with Gasteiger partial charge in [0.15, 0.2) is 0 Å². The second-order valence-electron chi connectivity index (χ2n) is 3.09. The third kappa shape index (κ3) is 4.00. The predicted molar refractivity (Wildman–Crippen MR) is 65.6 cm³/mol. The maximum absolute atomic E-state index is 11.2. The van der Waals surface area contributed by atoms with Crippen molar-refractivity contribution in [2.45, 2.75) is 23.7 Å². The van der Waals surface area contributed by atoms with Crippen LogP contribution in [0.1, 0.15) is 13.8 Å². The summed E-state index contributed by atoms with van der Waals surface area (Å²) in [4.78, 5) is 11.2. The summed E-state index contributed by atoms with van der Waals surface area (Å²) in [5.41, 5.74) is 0.658. The Morgan fingerprint density at radius 1 is 1.69 bits per heavy atom. The SMILES string of the molecule is C=C(C)C(=O)SCC1SCC(C)S1. The first-order chi connectivity index (χ1) is 6.09. The van der Waals surface area contributed by atoms with Crippen molar-refractivity contribution in [2.75, 3.05) is 11.5 Å². The molecule has 0 aromatic carbocycles. The van der Waals surface area contributed by atoms with E-state index >= 15 is 0 Å². The summed E-state index contributed by atoms with van der Waals surface area (Å²) < 4.78 is 0.600. The molecule has 2 unspecified atom stereocenters. The van der Waals surface area contributed by atoms with E-state index < -0.39 is 0 Å². The van der Waals surface area contributed by atoms with E-state index in [9.17, 15) is 4.79 Å². The predicted octanol–water partition coefficient (Wildman–Crippen LogP) is 3.02. The highest BCUT2D eigenvalue weighted by Gasteiger charge is 2.23. The van der Waals surface area contributed by atoms with Crippen molar-refractivity contribution in [1.82, 2.24) is 0 Å². The van der Waals surface area contributed by atoms with Gasteiger partial charge in [-0.3, -0.25) is 4.79 Å². The Morgan fingerprint density at radius 3 is 2.85 bits per heavy atom. The minimum atomic E-state index is 0.140. The summed E-state index contributed by atoms with van der Waals surface area (Å²) in [6.07, 6.45) is 0. The Morgan fingerprint density at radius 2 is 2.38 bits per heavy atom. The molecule has 4 heteroatoms. The topological polar surface area (TPSA) is 17.1 Å². The quantitative estimate of drug-likeness (QED) is 0.698. The molecule has 1 aliphatic heterocycles. The zero-order chi connectivity index (χ0) is 9.84. The van der Waals surface area contributed by atoms with E-state index in [0.717, 1.165) is 11.0 Å². The van der Waals surface area contributed by atoms with Crippen molar-refractivity contribution >= 4 is 40.4 Å². The Bertz CT molecular complexity index is 215. The molecule has 2 atom stereocenters. The fraction of sp³-hybridized carbons (Fsp3) is 0.667. The molecule has 0 radical (unpaired) electrons. The van der Waals surface area contributed by atoms with Crippen molar-refractivity contribution < 1.29 is 4.79 Å². The van der Waals surface area contributed by atoms with Gasteiger partial charge >= 0.3 is 0 Å². The van der Waals surface area contributed by atoms with Crippen molar-refractivity contribution in [3.63, 3.8) is 0 Å². The molecule has 1 aliphatic rings. The van der Waals surface area contributed by atoms with Crippen LogP contribution >= 0.6 is 35.3 Å². The van der Waals surface area contributed by atoms with Crippen LogP contribution in [0, 0.1) is 0 Å². The van der Waals surface area contributed by atoms with Gasteiger partial charge in [-0.2, -0.15) is 0 Å². The summed E-state index contributed by atoms with van der Waals surface area (Å²) in [5.74, 6) is 2.14. The number of carbonyl (C=O) groups excluding carboxylic acids is 1. The molecule has 1 heterocycles. The van der Waals surface area contributed by atoms with E-state index in [1.807, 2.05) is 23.5 Å². The molecular weight excluding hydrogens is 220 g/mol. The smallest absolute Gasteiger partial charge is 0.214 e. The average Bonchev–Trinajstić information content (AvgIpc) is 2.47. The van der Waals surface area contributed by atoms with E-state index in [-0.39, 0.29) is 5.12 Å². The maximum Gasteiger partial charge on any atom is 0.214 e. The molecule has 1 nitrogen and oxygen atoms in total. The molecule has 0 bridgehead atoms. The lowest BCUT2D eigenvalue weighted by atomic mass is 10.4. The standard InChI is InChI=1S/C9H14OS3/c1-6(2)9(10)12-5-8-11-4-7(3)13-8/h7-8H,1,4-5H2,2-3H3. The van der Waals surface area contributed by atoms with Gasteiger partial charge in [-0.05, 0) is 12.5 Å². The number of rotatable bonds is 3. The van der Waals surface area contributed by atoms with Crippen molar-refractivity contribution in [2.24, 2.45) is 0 Å². The minimum Gasteiger partial charge on any atom is -0.282 e. The molecular formula is C9H14OS3. The summed E-state index contributed by atoms with van der Waals surface area (Å²) in [6, 6.07) is 0. The monoisotopic (exact) mass is 234 g/mol. The molecule has 0 saturated carbocycles. The first-order valence-electron chi connectivity index (χ1n) is 4.19. The number of hydrogen-bond donors (Lipinski definition) is 0. The minimum absolute atomic E-state index is 0.140. The van der Waals surface area contributed by atoms with Crippen LogP contribution in [0.3, 0.4) is 0 Å². The van der Waals surface area contributed by atoms with Gasteiger partial charge in [-0.25, -0.2) is 0 Å². The van der Waals surface area contributed by atoms with Crippen molar-refractivity contribution in [3.05, 3.63) is 12.2 Å². The maximum atomic E-state index is 11.2. The van der Waals surface area contributed by atoms with E-state index in [0.29, 0.717) is 10.2 Å². The molecule has 0 spiro atoms. The zero-order valence-electron chi connectivity index (χ0n) is 7.91. The van der Waals surface area contributed by atoms with Crippen LogP contribution in [0.25, 0.3) is 0 Å². The highest BCUT2D eigenvalue weighted by molar-refractivity contribution is 8.22. The molecule has 1 rings (SSSR count). The Hall–Kier alpha value is 0.460. The lowest BCUT2D eigenvalue weighted by Gasteiger charge is -2.06. The van der Waals surface area contributed by atoms with E-state index in [1.54, 1.807) is 6.92 Å². The molecule has 1 fully saturated rings. The fourth-order valence-corrected chi connectivity index (χ4v) is 5.25. The van der Waals surface area contributed by atoms with Crippen LogP contribution in [-0.4, -0.2) is 26.5 Å². The second-order valence-corrected chi connectivity index (χ2v) is 7.26. The third-order valence-electron chi connectivity index (χ3n) is 1.60. The van der Waals surface area contributed by atoms with Crippen LogP contribution in [0.2, 0.25) is 0 Å². The fourth-order valence-electron chi connectivity index (χ4n) is 0.935. The van der Waals surface area contributed by atoms with Gasteiger partial charge < -0.3 is 0 Å². The van der Waals surface area contributed by atoms with E-state index in [4.69, 9.17) is 0 Å². The average molecular weight is 234 g/mol. The summed E-state index contributed by atoms with van der Waals surface area (Å²) in [6.45, 7) is 7.64. The van der Waals surface area contributed by atoms with E-state index in [2.05, 4.69) is 13.5 Å². The molecule has 0 aliphatic carbocycles. The van der Waals surface area contributed by atoms with Crippen LogP contribution < -0.4 is 0 Å². The zero-order valence-corrected chi connectivity index (χ0v) is 10.4.